The van der Waals surface area contributed by atoms with Gasteiger partial charge in [-0.2, -0.15) is 0 Å². The third-order valence-electron chi connectivity index (χ3n) is 6.16. The molecule has 32 heavy (non-hydrogen) atoms. The van der Waals surface area contributed by atoms with Crippen LogP contribution >= 0.6 is 0 Å². The van der Waals surface area contributed by atoms with E-state index >= 15 is 0 Å². The van der Waals surface area contributed by atoms with Crippen molar-refractivity contribution in [3.8, 4) is 28.3 Å². The molecule has 2 aromatic carbocycles. The number of nitrogens with two attached hydrogens (primary N) is 2. The van der Waals surface area contributed by atoms with Gasteiger partial charge in [0.05, 0.1) is 11.3 Å². The van der Waals surface area contributed by atoms with E-state index < -0.39 is 0 Å². The van der Waals surface area contributed by atoms with Crippen LogP contribution in [0.2, 0.25) is 0 Å². The summed E-state index contributed by atoms with van der Waals surface area (Å²) < 4.78 is 2.08. The molecule has 0 spiro atoms. The standard InChI is InChI=1S/C26H22N6/c27-21-11-8-17-15-18(9-10-19(17)21)32-25(20-7-4-14-29-24(20)28)31-23-13-12-22(30-26(23)32)16-5-2-1-3-6-16/h1-7,9-10,12-15,21H,8,11,27H2,(H2,28,29). The minimum atomic E-state index is 0.106. The van der Waals surface area contributed by atoms with Crippen LogP contribution in [0.5, 0.6) is 0 Å². The van der Waals surface area contributed by atoms with E-state index in [1.165, 1.54) is 11.1 Å². The molecular weight excluding hydrogens is 396 g/mol. The van der Waals surface area contributed by atoms with Crippen molar-refractivity contribution < 1.29 is 0 Å². The summed E-state index contributed by atoms with van der Waals surface area (Å²) in [6.45, 7) is 0. The second-order valence-corrected chi connectivity index (χ2v) is 8.14. The molecule has 0 aliphatic heterocycles. The van der Waals surface area contributed by atoms with Crippen LogP contribution in [0.1, 0.15) is 23.6 Å². The Morgan fingerprint density at radius 3 is 2.62 bits per heavy atom. The average molecular weight is 419 g/mol. The molecule has 4 N–H and O–H groups in total. The summed E-state index contributed by atoms with van der Waals surface area (Å²) >= 11 is 0. The molecule has 1 atom stereocenters. The SMILES string of the molecule is Nc1ncccc1-c1nc2ccc(-c3ccccc3)nc2n1-c1ccc2c(c1)CCC2N. The number of hydrogen-bond acceptors (Lipinski definition) is 5. The zero-order valence-electron chi connectivity index (χ0n) is 17.4. The molecule has 0 bridgehead atoms. The molecule has 3 heterocycles. The van der Waals surface area contributed by atoms with E-state index in [0.29, 0.717) is 5.82 Å². The molecule has 6 heteroatoms. The Labute approximate surface area is 185 Å². The van der Waals surface area contributed by atoms with E-state index in [1.54, 1.807) is 6.20 Å². The fourth-order valence-electron chi connectivity index (χ4n) is 4.53. The first-order chi connectivity index (χ1) is 15.7. The lowest BCUT2D eigenvalue weighted by atomic mass is 10.1. The first-order valence-corrected chi connectivity index (χ1v) is 10.7. The van der Waals surface area contributed by atoms with Crippen LogP contribution < -0.4 is 11.5 Å². The fraction of sp³-hybridized carbons (Fsp3) is 0.115. The number of benzene rings is 2. The topological polar surface area (TPSA) is 95.6 Å². The lowest BCUT2D eigenvalue weighted by Gasteiger charge is -2.13. The number of imidazole rings is 1. The van der Waals surface area contributed by atoms with Gasteiger partial charge in [-0.1, -0.05) is 36.4 Å². The number of nitrogen functional groups attached to an aromatic ring is 1. The van der Waals surface area contributed by atoms with Crippen LogP contribution in [-0.2, 0) is 6.42 Å². The van der Waals surface area contributed by atoms with Crippen molar-refractivity contribution in [3.63, 3.8) is 0 Å². The summed E-state index contributed by atoms with van der Waals surface area (Å²) in [6.07, 6.45) is 3.64. The Kier molecular flexibility index (Phi) is 4.26. The van der Waals surface area contributed by atoms with Crippen molar-refractivity contribution in [1.82, 2.24) is 19.5 Å². The third kappa shape index (κ3) is 2.96. The molecule has 0 radical (unpaired) electrons. The molecule has 1 unspecified atom stereocenters. The van der Waals surface area contributed by atoms with Crippen LogP contribution in [0, 0.1) is 0 Å². The van der Waals surface area contributed by atoms with E-state index in [9.17, 15) is 0 Å². The molecule has 0 amide bonds. The minimum Gasteiger partial charge on any atom is -0.383 e. The molecule has 5 aromatic rings. The number of fused-ring (bicyclic) bond motifs is 2. The number of rotatable bonds is 3. The van der Waals surface area contributed by atoms with Crippen molar-refractivity contribution in [2.45, 2.75) is 18.9 Å². The summed E-state index contributed by atoms with van der Waals surface area (Å²) in [5, 5.41) is 0. The summed E-state index contributed by atoms with van der Waals surface area (Å²) in [5.41, 5.74) is 20.3. The zero-order valence-corrected chi connectivity index (χ0v) is 17.4. The normalized spacial score (nSPS) is 15.2. The molecule has 1 aliphatic carbocycles. The summed E-state index contributed by atoms with van der Waals surface area (Å²) in [6, 6.07) is 24.5. The minimum absolute atomic E-state index is 0.106. The highest BCUT2D eigenvalue weighted by Gasteiger charge is 2.22. The number of pyridine rings is 2. The molecule has 1 aliphatic rings. The van der Waals surface area contributed by atoms with Crippen LogP contribution in [0.15, 0.2) is 79.0 Å². The summed E-state index contributed by atoms with van der Waals surface area (Å²) in [4.78, 5) is 14.2. The summed E-state index contributed by atoms with van der Waals surface area (Å²) in [5.74, 6) is 1.17. The third-order valence-corrected chi connectivity index (χ3v) is 6.16. The lowest BCUT2D eigenvalue weighted by Crippen LogP contribution is -2.06. The first-order valence-electron chi connectivity index (χ1n) is 10.7. The highest BCUT2D eigenvalue weighted by molar-refractivity contribution is 5.84. The largest absolute Gasteiger partial charge is 0.383 e. The van der Waals surface area contributed by atoms with E-state index in [4.69, 9.17) is 21.4 Å². The van der Waals surface area contributed by atoms with E-state index in [-0.39, 0.29) is 6.04 Å². The van der Waals surface area contributed by atoms with Crippen LogP contribution in [0.25, 0.3) is 39.5 Å². The van der Waals surface area contributed by atoms with E-state index in [2.05, 4.69) is 39.9 Å². The number of nitrogens with zero attached hydrogens (tertiary/aromatic N) is 4. The molecule has 3 aromatic heterocycles. The van der Waals surface area contributed by atoms with Crippen molar-refractivity contribution in [2.24, 2.45) is 5.73 Å². The van der Waals surface area contributed by atoms with Gasteiger partial charge in [0.1, 0.15) is 11.3 Å². The number of hydrogen-bond donors (Lipinski definition) is 2. The first kappa shape index (κ1) is 18.7. The van der Waals surface area contributed by atoms with Gasteiger partial charge in [0, 0.05) is 23.5 Å². The van der Waals surface area contributed by atoms with Gasteiger partial charge in [0.2, 0.25) is 0 Å². The maximum Gasteiger partial charge on any atom is 0.165 e. The van der Waals surface area contributed by atoms with E-state index in [0.717, 1.165) is 52.3 Å². The number of anilines is 1. The van der Waals surface area contributed by atoms with Crippen molar-refractivity contribution in [3.05, 3.63) is 90.1 Å². The average Bonchev–Trinajstić information content (AvgIpc) is 3.39. The van der Waals surface area contributed by atoms with Gasteiger partial charge in [-0.05, 0) is 60.4 Å². The zero-order chi connectivity index (χ0) is 21.7. The lowest BCUT2D eigenvalue weighted by molar-refractivity contribution is 0.713. The Morgan fingerprint density at radius 1 is 0.906 bits per heavy atom. The van der Waals surface area contributed by atoms with Gasteiger partial charge in [0.15, 0.2) is 11.5 Å². The molecule has 6 rings (SSSR count). The van der Waals surface area contributed by atoms with Crippen LogP contribution in [0.4, 0.5) is 5.82 Å². The number of aryl methyl sites for hydroxylation is 1. The van der Waals surface area contributed by atoms with Crippen LogP contribution in [-0.4, -0.2) is 19.5 Å². The fourth-order valence-corrected chi connectivity index (χ4v) is 4.53. The van der Waals surface area contributed by atoms with Crippen molar-refractivity contribution in [1.29, 1.82) is 0 Å². The second kappa shape index (κ2) is 7.28. The molecule has 156 valence electrons. The van der Waals surface area contributed by atoms with Gasteiger partial charge in [0.25, 0.3) is 0 Å². The Balaban J connectivity index is 1.63. The summed E-state index contributed by atoms with van der Waals surface area (Å²) in [7, 11) is 0. The highest BCUT2D eigenvalue weighted by atomic mass is 15.1. The van der Waals surface area contributed by atoms with Crippen molar-refractivity contribution in [2.75, 3.05) is 5.73 Å². The maximum absolute atomic E-state index is 6.27. The molecular formula is C26H22N6. The molecule has 0 fully saturated rings. The smallest absolute Gasteiger partial charge is 0.165 e. The Hall–Kier alpha value is -4.03. The van der Waals surface area contributed by atoms with Crippen molar-refractivity contribution >= 4 is 17.0 Å². The van der Waals surface area contributed by atoms with Crippen LogP contribution in [0.3, 0.4) is 0 Å². The number of aromatic nitrogens is 4. The molecule has 0 saturated carbocycles. The predicted molar refractivity (Wildman–Crippen MR) is 127 cm³/mol. The maximum atomic E-state index is 6.27. The highest BCUT2D eigenvalue weighted by Crippen LogP contribution is 2.35. The molecule has 6 nitrogen and oxygen atoms in total. The van der Waals surface area contributed by atoms with Gasteiger partial charge in [-0.25, -0.2) is 15.0 Å². The van der Waals surface area contributed by atoms with Gasteiger partial charge >= 0.3 is 0 Å². The molecule has 0 saturated heterocycles. The Bertz CT molecular complexity index is 1450. The quantitative estimate of drug-likeness (QED) is 0.444. The van der Waals surface area contributed by atoms with Gasteiger partial charge < -0.3 is 11.5 Å². The Morgan fingerprint density at radius 2 is 1.78 bits per heavy atom. The van der Waals surface area contributed by atoms with Gasteiger partial charge in [-0.15, -0.1) is 0 Å². The second-order valence-electron chi connectivity index (χ2n) is 8.14. The van der Waals surface area contributed by atoms with Gasteiger partial charge in [-0.3, -0.25) is 4.57 Å². The van der Waals surface area contributed by atoms with E-state index in [1.807, 2.05) is 42.5 Å². The monoisotopic (exact) mass is 418 g/mol. The predicted octanol–water partition coefficient (Wildman–Crippen LogP) is 4.68.